The maximum atomic E-state index is 11.4. The maximum absolute atomic E-state index is 11.4. The third-order valence-electron chi connectivity index (χ3n) is 2.34. The average Bonchev–Trinajstić information content (AvgIpc) is 2.44. The van der Waals surface area contributed by atoms with E-state index in [2.05, 4.69) is 10.4 Å². The van der Waals surface area contributed by atoms with E-state index < -0.39 is 11.7 Å². The highest BCUT2D eigenvalue weighted by atomic mass is 16.6. The zero-order valence-electron chi connectivity index (χ0n) is 11.6. The minimum absolute atomic E-state index is 0.201. The van der Waals surface area contributed by atoms with Gasteiger partial charge in [-0.2, -0.15) is 5.10 Å². The van der Waals surface area contributed by atoms with E-state index >= 15 is 0 Å². The largest absolute Gasteiger partial charge is 0.504 e. The van der Waals surface area contributed by atoms with Gasteiger partial charge in [0.25, 0.3) is 0 Å². The summed E-state index contributed by atoms with van der Waals surface area (Å²) in [5, 5.41) is 16.4. The molecular weight excluding hydrogens is 234 g/mol. The second-order valence-corrected chi connectivity index (χ2v) is 5.17. The lowest BCUT2D eigenvalue weighted by Gasteiger charge is -2.19. The summed E-state index contributed by atoms with van der Waals surface area (Å²) in [6.07, 6.45) is -0.451. The van der Waals surface area contributed by atoms with Crippen molar-refractivity contribution in [2.45, 2.75) is 46.8 Å². The zero-order valence-corrected chi connectivity index (χ0v) is 11.6. The van der Waals surface area contributed by atoms with E-state index in [1.165, 1.54) is 0 Å². The van der Waals surface area contributed by atoms with Crippen LogP contribution in [0.15, 0.2) is 0 Å². The number of nitrogens with one attached hydrogen (secondary N) is 1. The number of hydrogen-bond acceptors (Lipinski definition) is 4. The Kier molecular flexibility index (Phi) is 4.21. The topological polar surface area (TPSA) is 76.4 Å². The Bertz CT molecular complexity index is 433. The van der Waals surface area contributed by atoms with Crippen molar-refractivity contribution in [2.24, 2.45) is 0 Å². The molecule has 6 heteroatoms. The molecule has 18 heavy (non-hydrogen) atoms. The Morgan fingerprint density at radius 2 is 2.06 bits per heavy atom. The van der Waals surface area contributed by atoms with Gasteiger partial charge >= 0.3 is 6.09 Å². The van der Waals surface area contributed by atoms with Crippen molar-refractivity contribution >= 4 is 6.09 Å². The smallest absolute Gasteiger partial charge is 0.407 e. The van der Waals surface area contributed by atoms with Gasteiger partial charge in [-0.15, -0.1) is 0 Å². The van der Waals surface area contributed by atoms with Gasteiger partial charge in [-0.3, -0.25) is 4.68 Å². The van der Waals surface area contributed by atoms with E-state index in [9.17, 15) is 9.90 Å². The molecule has 0 fully saturated rings. The van der Waals surface area contributed by atoms with E-state index in [4.69, 9.17) is 4.74 Å². The van der Waals surface area contributed by atoms with Crippen molar-refractivity contribution in [3.8, 4) is 5.75 Å². The van der Waals surface area contributed by atoms with Gasteiger partial charge in [0.1, 0.15) is 11.3 Å². The van der Waals surface area contributed by atoms with Crippen LogP contribution >= 0.6 is 0 Å². The summed E-state index contributed by atoms with van der Waals surface area (Å²) < 4.78 is 6.76. The number of alkyl carbamates (subject to hydrolysis) is 1. The molecule has 1 amide bonds. The number of nitrogens with zero attached hydrogens (tertiary/aromatic N) is 2. The Morgan fingerprint density at radius 1 is 1.44 bits per heavy atom. The fourth-order valence-corrected chi connectivity index (χ4v) is 1.48. The molecule has 1 aromatic heterocycles. The quantitative estimate of drug-likeness (QED) is 0.862. The highest BCUT2D eigenvalue weighted by Crippen LogP contribution is 2.19. The van der Waals surface area contributed by atoms with E-state index in [0.29, 0.717) is 24.5 Å². The number of rotatable bonds is 3. The van der Waals surface area contributed by atoms with Crippen LogP contribution in [-0.2, 0) is 11.3 Å². The first-order valence-corrected chi connectivity index (χ1v) is 5.90. The van der Waals surface area contributed by atoms with Crippen LogP contribution < -0.4 is 5.32 Å². The SMILES string of the molecule is Cc1nn(CCNC(=O)OC(C)(C)C)c(C)c1O. The highest BCUT2D eigenvalue weighted by Gasteiger charge is 2.16. The summed E-state index contributed by atoms with van der Waals surface area (Å²) in [6.45, 7) is 9.84. The van der Waals surface area contributed by atoms with Gasteiger partial charge < -0.3 is 15.2 Å². The molecule has 0 aromatic carbocycles. The Labute approximate surface area is 107 Å². The van der Waals surface area contributed by atoms with E-state index in [0.717, 1.165) is 0 Å². The first-order valence-electron chi connectivity index (χ1n) is 5.90. The van der Waals surface area contributed by atoms with Crippen LogP contribution in [0.1, 0.15) is 32.2 Å². The summed E-state index contributed by atoms with van der Waals surface area (Å²) in [7, 11) is 0. The van der Waals surface area contributed by atoms with Crippen molar-refractivity contribution in [1.29, 1.82) is 0 Å². The number of carbonyl (C=O) groups excluding carboxylic acids is 1. The number of aromatic hydroxyl groups is 1. The molecule has 0 saturated heterocycles. The molecule has 2 N–H and O–H groups in total. The van der Waals surface area contributed by atoms with Gasteiger partial charge in [0.05, 0.1) is 12.2 Å². The summed E-state index contributed by atoms with van der Waals surface area (Å²) in [5.41, 5.74) is 0.781. The Hall–Kier alpha value is -1.72. The second kappa shape index (κ2) is 5.29. The number of ether oxygens (including phenoxy) is 1. The van der Waals surface area contributed by atoms with Gasteiger partial charge in [-0.05, 0) is 34.6 Å². The highest BCUT2D eigenvalue weighted by molar-refractivity contribution is 5.67. The van der Waals surface area contributed by atoms with Gasteiger partial charge in [-0.1, -0.05) is 0 Å². The van der Waals surface area contributed by atoms with Gasteiger partial charge in [0.2, 0.25) is 0 Å². The lowest BCUT2D eigenvalue weighted by Crippen LogP contribution is -2.34. The third kappa shape index (κ3) is 3.94. The molecule has 1 heterocycles. The first-order chi connectivity index (χ1) is 8.20. The molecule has 6 nitrogen and oxygen atoms in total. The number of aryl methyl sites for hydroxylation is 1. The van der Waals surface area contributed by atoms with E-state index in [1.54, 1.807) is 18.5 Å². The van der Waals surface area contributed by atoms with Crippen molar-refractivity contribution in [2.75, 3.05) is 6.54 Å². The number of amides is 1. The maximum Gasteiger partial charge on any atom is 0.407 e. The van der Waals surface area contributed by atoms with Crippen LogP contribution in [0.4, 0.5) is 4.79 Å². The molecular formula is C12H21N3O3. The normalized spacial score (nSPS) is 11.4. The molecule has 0 spiro atoms. The minimum atomic E-state index is -0.499. The first kappa shape index (κ1) is 14.3. The summed E-state index contributed by atoms with van der Waals surface area (Å²) in [5.74, 6) is 0.201. The molecule has 0 atom stereocenters. The molecule has 1 aromatic rings. The number of carbonyl (C=O) groups is 1. The molecule has 0 saturated carbocycles. The molecule has 0 aliphatic heterocycles. The number of aromatic nitrogens is 2. The zero-order chi connectivity index (χ0) is 13.9. The van der Waals surface area contributed by atoms with E-state index in [-0.39, 0.29) is 5.75 Å². The van der Waals surface area contributed by atoms with Crippen LogP contribution in [0.3, 0.4) is 0 Å². The van der Waals surface area contributed by atoms with Gasteiger partial charge in [0, 0.05) is 6.54 Å². The van der Waals surface area contributed by atoms with Crippen molar-refractivity contribution in [3.63, 3.8) is 0 Å². The monoisotopic (exact) mass is 255 g/mol. The molecule has 0 unspecified atom stereocenters. The van der Waals surface area contributed by atoms with Crippen molar-refractivity contribution in [1.82, 2.24) is 15.1 Å². The molecule has 0 bridgehead atoms. The predicted molar refractivity (Wildman–Crippen MR) is 67.6 cm³/mol. The fraction of sp³-hybridized carbons (Fsp3) is 0.667. The van der Waals surface area contributed by atoms with Crippen LogP contribution in [0.25, 0.3) is 0 Å². The van der Waals surface area contributed by atoms with Crippen LogP contribution in [-0.4, -0.2) is 33.1 Å². The summed E-state index contributed by atoms with van der Waals surface area (Å²) in [6, 6.07) is 0. The fourth-order valence-electron chi connectivity index (χ4n) is 1.48. The third-order valence-corrected chi connectivity index (χ3v) is 2.34. The second-order valence-electron chi connectivity index (χ2n) is 5.17. The Balaban J connectivity index is 2.42. The van der Waals surface area contributed by atoms with Crippen LogP contribution in [0, 0.1) is 13.8 Å². The molecule has 102 valence electrons. The van der Waals surface area contributed by atoms with E-state index in [1.807, 2.05) is 20.8 Å². The van der Waals surface area contributed by atoms with Crippen molar-refractivity contribution in [3.05, 3.63) is 11.4 Å². The van der Waals surface area contributed by atoms with Crippen LogP contribution in [0.5, 0.6) is 5.75 Å². The summed E-state index contributed by atoms with van der Waals surface area (Å²) >= 11 is 0. The lowest BCUT2D eigenvalue weighted by atomic mass is 10.2. The molecule has 0 aliphatic carbocycles. The average molecular weight is 255 g/mol. The molecule has 0 radical (unpaired) electrons. The van der Waals surface area contributed by atoms with Crippen LogP contribution in [0.2, 0.25) is 0 Å². The Morgan fingerprint density at radius 3 is 2.50 bits per heavy atom. The predicted octanol–water partition coefficient (Wildman–Crippen LogP) is 1.73. The minimum Gasteiger partial charge on any atom is -0.504 e. The van der Waals surface area contributed by atoms with Crippen molar-refractivity contribution < 1.29 is 14.6 Å². The lowest BCUT2D eigenvalue weighted by molar-refractivity contribution is 0.0525. The standard InChI is InChI=1S/C12H21N3O3/c1-8-10(16)9(2)15(14-8)7-6-13-11(17)18-12(3,4)5/h16H,6-7H2,1-5H3,(H,13,17). The van der Waals surface area contributed by atoms with Gasteiger partial charge in [0.15, 0.2) is 5.75 Å². The summed E-state index contributed by atoms with van der Waals surface area (Å²) in [4.78, 5) is 11.4. The van der Waals surface area contributed by atoms with Gasteiger partial charge in [-0.25, -0.2) is 4.79 Å². The number of hydrogen-bond donors (Lipinski definition) is 2. The molecule has 0 aliphatic rings. The molecule has 1 rings (SSSR count).